The highest BCUT2D eigenvalue weighted by atomic mass is 16.3. The molecule has 7 heteroatoms. The van der Waals surface area contributed by atoms with Gasteiger partial charge in [-0.1, -0.05) is 18.2 Å². The second-order valence-electron chi connectivity index (χ2n) is 7.98. The van der Waals surface area contributed by atoms with Crippen molar-refractivity contribution in [2.75, 3.05) is 26.7 Å². The largest absolute Gasteiger partial charge is 0.468 e. The van der Waals surface area contributed by atoms with Crippen molar-refractivity contribution in [2.24, 2.45) is 4.99 Å². The van der Waals surface area contributed by atoms with E-state index in [1.54, 1.807) is 13.3 Å². The standard InChI is InChI=1S/C24H32N6O/c1-18-21(19(2)30(28-18)20-10-5-4-6-11-20)16-26-24(25-3)27-17-22(23-12-9-15-31-23)29-13-7-8-14-29/h4-6,9-12,15,22H,7-8,13-14,16-17H2,1-3H3,(H2,25,26,27). The van der Waals surface area contributed by atoms with Gasteiger partial charge in [0.05, 0.1) is 23.7 Å². The molecule has 3 heterocycles. The maximum Gasteiger partial charge on any atom is 0.191 e. The summed E-state index contributed by atoms with van der Waals surface area (Å²) < 4.78 is 7.73. The van der Waals surface area contributed by atoms with Crippen LogP contribution in [0.4, 0.5) is 0 Å². The van der Waals surface area contributed by atoms with Gasteiger partial charge in [0.15, 0.2) is 5.96 Å². The number of furan rings is 1. The number of hydrogen-bond donors (Lipinski definition) is 2. The third kappa shape index (κ3) is 4.82. The number of para-hydroxylation sites is 1. The summed E-state index contributed by atoms with van der Waals surface area (Å²) in [6, 6.07) is 14.5. The minimum atomic E-state index is 0.209. The van der Waals surface area contributed by atoms with Crippen LogP contribution in [0.5, 0.6) is 0 Å². The minimum absolute atomic E-state index is 0.209. The Morgan fingerprint density at radius 1 is 1.10 bits per heavy atom. The quantitative estimate of drug-likeness (QED) is 0.452. The number of likely N-dealkylation sites (tertiary alicyclic amines) is 1. The minimum Gasteiger partial charge on any atom is -0.468 e. The van der Waals surface area contributed by atoms with Gasteiger partial charge in [-0.15, -0.1) is 0 Å². The van der Waals surface area contributed by atoms with Gasteiger partial charge in [-0.3, -0.25) is 9.89 Å². The molecule has 1 saturated heterocycles. The molecule has 31 heavy (non-hydrogen) atoms. The van der Waals surface area contributed by atoms with Crippen molar-refractivity contribution in [1.82, 2.24) is 25.3 Å². The van der Waals surface area contributed by atoms with Crippen molar-refractivity contribution in [2.45, 2.75) is 39.3 Å². The zero-order chi connectivity index (χ0) is 21.6. The van der Waals surface area contributed by atoms with E-state index in [1.807, 2.05) is 28.9 Å². The van der Waals surface area contributed by atoms with Crippen molar-refractivity contribution in [3.63, 3.8) is 0 Å². The molecule has 164 valence electrons. The first-order chi connectivity index (χ1) is 15.2. The van der Waals surface area contributed by atoms with Crippen LogP contribution >= 0.6 is 0 Å². The van der Waals surface area contributed by atoms with E-state index in [0.717, 1.165) is 48.4 Å². The molecule has 4 rings (SSSR count). The van der Waals surface area contributed by atoms with Crippen LogP contribution < -0.4 is 10.6 Å². The molecule has 1 fully saturated rings. The number of aromatic nitrogens is 2. The zero-order valence-corrected chi connectivity index (χ0v) is 18.6. The molecule has 2 aromatic heterocycles. The van der Waals surface area contributed by atoms with E-state index in [9.17, 15) is 0 Å². The normalized spacial score (nSPS) is 15.9. The molecule has 0 bridgehead atoms. The van der Waals surface area contributed by atoms with E-state index in [1.165, 1.54) is 18.4 Å². The Kier molecular flexibility index (Phi) is 6.72. The van der Waals surface area contributed by atoms with Gasteiger partial charge in [0.1, 0.15) is 5.76 Å². The Labute approximate surface area is 184 Å². The van der Waals surface area contributed by atoms with Gasteiger partial charge in [-0.25, -0.2) is 4.68 Å². The van der Waals surface area contributed by atoms with Crippen LogP contribution in [0.3, 0.4) is 0 Å². The van der Waals surface area contributed by atoms with E-state index in [-0.39, 0.29) is 6.04 Å². The van der Waals surface area contributed by atoms with E-state index in [4.69, 9.17) is 9.52 Å². The lowest BCUT2D eigenvalue weighted by Crippen LogP contribution is -2.42. The smallest absolute Gasteiger partial charge is 0.191 e. The van der Waals surface area contributed by atoms with Crippen LogP contribution in [0.15, 0.2) is 58.1 Å². The molecule has 0 saturated carbocycles. The number of rotatable bonds is 7. The number of aliphatic imine (C=N–C) groups is 1. The van der Waals surface area contributed by atoms with Crippen molar-refractivity contribution in [1.29, 1.82) is 0 Å². The summed E-state index contributed by atoms with van der Waals surface area (Å²) in [4.78, 5) is 6.91. The maximum absolute atomic E-state index is 5.73. The molecule has 0 radical (unpaired) electrons. The molecule has 1 aliphatic heterocycles. The molecule has 1 aliphatic rings. The molecule has 1 atom stereocenters. The Hall–Kier alpha value is -3.06. The number of benzene rings is 1. The van der Waals surface area contributed by atoms with Gasteiger partial charge in [0, 0.05) is 31.4 Å². The third-order valence-corrected chi connectivity index (χ3v) is 6.01. The average molecular weight is 421 g/mol. The van der Waals surface area contributed by atoms with E-state index in [2.05, 4.69) is 52.6 Å². The van der Waals surface area contributed by atoms with Crippen molar-refractivity contribution < 1.29 is 4.42 Å². The molecule has 0 aliphatic carbocycles. The number of nitrogens with one attached hydrogen (secondary N) is 2. The fourth-order valence-corrected chi connectivity index (χ4v) is 4.28. The first-order valence-corrected chi connectivity index (χ1v) is 11.0. The van der Waals surface area contributed by atoms with Gasteiger partial charge < -0.3 is 15.1 Å². The van der Waals surface area contributed by atoms with Crippen LogP contribution in [0.25, 0.3) is 5.69 Å². The Morgan fingerprint density at radius 2 is 1.87 bits per heavy atom. The summed E-state index contributed by atoms with van der Waals surface area (Å²) in [6.45, 7) is 7.79. The Morgan fingerprint density at radius 3 is 2.55 bits per heavy atom. The van der Waals surface area contributed by atoms with Crippen LogP contribution in [-0.4, -0.2) is 47.3 Å². The van der Waals surface area contributed by atoms with Gasteiger partial charge in [-0.2, -0.15) is 5.10 Å². The van der Waals surface area contributed by atoms with Gasteiger partial charge in [0.25, 0.3) is 0 Å². The predicted molar refractivity (Wildman–Crippen MR) is 123 cm³/mol. The highest BCUT2D eigenvalue weighted by molar-refractivity contribution is 5.79. The van der Waals surface area contributed by atoms with Crippen LogP contribution in [0.1, 0.15) is 41.6 Å². The molecule has 0 amide bonds. The van der Waals surface area contributed by atoms with Gasteiger partial charge in [0.2, 0.25) is 0 Å². The van der Waals surface area contributed by atoms with E-state index >= 15 is 0 Å². The molecule has 0 spiro atoms. The second kappa shape index (κ2) is 9.83. The summed E-state index contributed by atoms with van der Waals surface area (Å²) in [7, 11) is 1.81. The average Bonchev–Trinajstić information content (AvgIpc) is 3.55. The number of guanidine groups is 1. The zero-order valence-electron chi connectivity index (χ0n) is 18.6. The Bertz CT molecular complexity index is 987. The van der Waals surface area contributed by atoms with Crippen LogP contribution in [-0.2, 0) is 6.54 Å². The van der Waals surface area contributed by atoms with Crippen LogP contribution in [0.2, 0.25) is 0 Å². The number of hydrogen-bond acceptors (Lipinski definition) is 4. The summed E-state index contributed by atoms with van der Waals surface area (Å²) >= 11 is 0. The number of nitrogens with zero attached hydrogens (tertiary/aromatic N) is 4. The van der Waals surface area contributed by atoms with Crippen molar-refractivity contribution in [3.05, 3.63) is 71.4 Å². The molecule has 3 aromatic rings. The molecule has 1 aromatic carbocycles. The molecule has 1 unspecified atom stereocenters. The SMILES string of the molecule is CN=C(NCc1c(C)nn(-c2ccccc2)c1C)NCC(c1ccco1)N1CCCC1. The summed E-state index contributed by atoms with van der Waals surface area (Å²) in [5.41, 5.74) is 4.42. The summed E-state index contributed by atoms with van der Waals surface area (Å²) in [6.07, 6.45) is 4.24. The highest BCUT2D eigenvalue weighted by Crippen LogP contribution is 2.25. The molecular weight excluding hydrogens is 388 g/mol. The van der Waals surface area contributed by atoms with Crippen molar-refractivity contribution >= 4 is 5.96 Å². The summed E-state index contributed by atoms with van der Waals surface area (Å²) in [5, 5.41) is 11.7. The van der Waals surface area contributed by atoms with Gasteiger partial charge >= 0.3 is 0 Å². The van der Waals surface area contributed by atoms with Crippen molar-refractivity contribution in [3.8, 4) is 5.69 Å². The molecule has 7 nitrogen and oxygen atoms in total. The lowest BCUT2D eigenvalue weighted by Gasteiger charge is -2.26. The fraction of sp³-hybridized carbons (Fsp3) is 0.417. The van der Waals surface area contributed by atoms with E-state index < -0.39 is 0 Å². The lowest BCUT2D eigenvalue weighted by molar-refractivity contribution is 0.215. The number of aryl methyl sites for hydroxylation is 1. The van der Waals surface area contributed by atoms with Crippen LogP contribution in [0, 0.1) is 13.8 Å². The summed E-state index contributed by atoms with van der Waals surface area (Å²) in [5.74, 6) is 1.78. The first-order valence-electron chi connectivity index (χ1n) is 11.0. The maximum atomic E-state index is 5.73. The monoisotopic (exact) mass is 420 g/mol. The van der Waals surface area contributed by atoms with Gasteiger partial charge in [-0.05, 0) is 64.0 Å². The van der Waals surface area contributed by atoms with E-state index in [0.29, 0.717) is 6.54 Å². The first kappa shape index (κ1) is 21.2. The topological polar surface area (TPSA) is 70.6 Å². The molecular formula is C24H32N6O. The lowest BCUT2D eigenvalue weighted by atomic mass is 10.2. The third-order valence-electron chi connectivity index (χ3n) is 6.01. The predicted octanol–water partition coefficient (Wildman–Crippen LogP) is 3.58. The fourth-order valence-electron chi connectivity index (χ4n) is 4.28. The Balaban J connectivity index is 1.40. The molecule has 2 N–H and O–H groups in total. The second-order valence-corrected chi connectivity index (χ2v) is 7.98. The highest BCUT2D eigenvalue weighted by Gasteiger charge is 2.25.